The average Bonchev–Trinajstić information content (AvgIpc) is 2.98. The van der Waals surface area contributed by atoms with E-state index in [9.17, 15) is 19.5 Å². The van der Waals surface area contributed by atoms with Gasteiger partial charge in [-0.25, -0.2) is 0 Å². The first-order valence-electron chi connectivity index (χ1n) is 16.6. The van der Waals surface area contributed by atoms with Crippen LogP contribution >= 0.6 is 0 Å². The van der Waals surface area contributed by atoms with Crippen LogP contribution in [0.1, 0.15) is 111 Å². The van der Waals surface area contributed by atoms with Crippen LogP contribution in [0, 0.1) is 11.8 Å². The number of nitrogens with one attached hydrogen (secondary N) is 2. The first-order chi connectivity index (χ1) is 20.6. The molecule has 0 aliphatic carbocycles. The quantitative estimate of drug-likeness (QED) is 0.130. The van der Waals surface area contributed by atoms with Crippen LogP contribution in [0.25, 0.3) is 0 Å². The lowest BCUT2D eigenvalue weighted by Crippen LogP contribution is -2.48. The van der Waals surface area contributed by atoms with Gasteiger partial charge in [0, 0.05) is 32.4 Å². The van der Waals surface area contributed by atoms with Gasteiger partial charge in [-0.15, -0.1) is 6.58 Å². The first-order valence-corrected chi connectivity index (χ1v) is 16.6. The van der Waals surface area contributed by atoms with Gasteiger partial charge in [0.15, 0.2) is 11.6 Å². The zero-order valence-electron chi connectivity index (χ0n) is 26.7. The van der Waals surface area contributed by atoms with Gasteiger partial charge in [0.2, 0.25) is 11.8 Å². The van der Waals surface area contributed by atoms with Crippen LogP contribution in [0.4, 0.5) is 0 Å². The number of aliphatic hydroxyl groups is 1. The summed E-state index contributed by atoms with van der Waals surface area (Å²) < 4.78 is 19.0. The van der Waals surface area contributed by atoms with E-state index < -0.39 is 17.8 Å². The third-order valence-corrected chi connectivity index (χ3v) is 9.24. The Morgan fingerprint density at radius 3 is 2.37 bits per heavy atom. The van der Waals surface area contributed by atoms with Gasteiger partial charge in [0.05, 0.1) is 42.9 Å². The van der Waals surface area contributed by atoms with Crippen LogP contribution < -0.4 is 10.6 Å². The van der Waals surface area contributed by atoms with Gasteiger partial charge in [-0.2, -0.15) is 0 Å². The first kappa shape index (κ1) is 35.4. The number of carbonyl (C=O) groups is 3. The molecule has 3 aliphatic rings. The van der Waals surface area contributed by atoms with E-state index >= 15 is 0 Å². The predicted molar refractivity (Wildman–Crippen MR) is 166 cm³/mol. The minimum absolute atomic E-state index is 0.0104. The standard InChI is InChI=1S/C34H56N2O7/c1-5-7-12-27-13-8-18-34(42-27)19-9-14-28(43-34)15-10-20-35-33(40)25(4)30(38)23-36-32(39)22-31-24(3)16-17-29(41-31)21-26(37)11-6-2/h5-6,11,24-25,27-31,38H,1,7-10,12-23H2,2-4H3,(H,35,40)(H,36,39)/b11-6+/t24?,25-,27+,28-,29-,30-,31?,34-/m0/s1. The van der Waals surface area contributed by atoms with Crippen molar-refractivity contribution in [2.45, 2.75) is 147 Å². The lowest BCUT2D eigenvalue weighted by Gasteiger charge is -2.46. The van der Waals surface area contributed by atoms with E-state index in [1.807, 2.05) is 19.9 Å². The van der Waals surface area contributed by atoms with Crippen molar-refractivity contribution in [1.82, 2.24) is 10.6 Å². The van der Waals surface area contributed by atoms with Crippen LogP contribution in [-0.2, 0) is 28.6 Å². The molecule has 0 aromatic carbocycles. The molecule has 3 heterocycles. The van der Waals surface area contributed by atoms with Gasteiger partial charge in [0.25, 0.3) is 0 Å². The third-order valence-electron chi connectivity index (χ3n) is 9.24. The number of carbonyl (C=O) groups excluding carboxylic acids is 3. The summed E-state index contributed by atoms with van der Waals surface area (Å²) >= 11 is 0. The molecule has 0 aromatic heterocycles. The van der Waals surface area contributed by atoms with Gasteiger partial charge in [-0.05, 0) is 83.1 Å². The van der Waals surface area contributed by atoms with E-state index in [-0.39, 0.29) is 60.9 Å². The Balaban J connectivity index is 1.32. The monoisotopic (exact) mass is 604 g/mol. The maximum absolute atomic E-state index is 12.7. The second kappa shape index (κ2) is 18.0. The SMILES string of the molecule is C=CCC[C@@H]1CCC[C@]2(CCC[C@@H](CCCNC(=O)[C@@H](C)[C@@H](O)CNC(=O)CC3O[C@H](CC(=O)/C=C/C)CCC3C)O2)O1. The zero-order chi connectivity index (χ0) is 31.2. The third kappa shape index (κ3) is 11.7. The molecule has 9 heteroatoms. The van der Waals surface area contributed by atoms with Crippen LogP contribution in [-0.4, -0.2) is 72.1 Å². The molecular formula is C34H56N2O7. The molecule has 3 aliphatic heterocycles. The highest BCUT2D eigenvalue weighted by Gasteiger charge is 2.42. The van der Waals surface area contributed by atoms with Crippen LogP contribution in [0.2, 0.25) is 0 Å². The predicted octanol–water partition coefficient (Wildman–Crippen LogP) is 4.91. The second-order valence-electron chi connectivity index (χ2n) is 12.9. The van der Waals surface area contributed by atoms with Crippen molar-refractivity contribution in [2.24, 2.45) is 11.8 Å². The van der Waals surface area contributed by atoms with Crippen molar-refractivity contribution < 1.29 is 33.7 Å². The number of ether oxygens (including phenoxy) is 3. The Kier molecular flexibility index (Phi) is 14.8. The highest BCUT2D eigenvalue weighted by Crippen LogP contribution is 2.41. The van der Waals surface area contributed by atoms with E-state index in [1.165, 1.54) is 0 Å². The molecule has 0 bridgehead atoms. The molecule has 3 fully saturated rings. The fourth-order valence-electron chi connectivity index (χ4n) is 6.51. The molecule has 3 saturated heterocycles. The molecule has 244 valence electrons. The summed E-state index contributed by atoms with van der Waals surface area (Å²) in [4.78, 5) is 37.2. The van der Waals surface area contributed by atoms with Gasteiger partial charge < -0.3 is 30.0 Å². The Morgan fingerprint density at radius 2 is 1.70 bits per heavy atom. The minimum Gasteiger partial charge on any atom is -0.390 e. The molecule has 3 rings (SSSR count). The molecule has 43 heavy (non-hydrogen) atoms. The van der Waals surface area contributed by atoms with Crippen molar-refractivity contribution in [3.05, 3.63) is 24.8 Å². The highest BCUT2D eigenvalue weighted by atomic mass is 16.7. The molecule has 2 unspecified atom stereocenters. The summed E-state index contributed by atoms with van der Waals surface area (Å²) in [5.41, 5.74) is 0. The van der Waals surface area contributed by atoms with E-state index in [2.05, 4.69) is 17.2 Å². The fourth-order valence-corrected chi connectivity index (χ4v) is 6.51. The van der Waals surface area contributed by atoms with E-state index in [1.54, 1.807) is 19.1 Å². The normalized spacial score (nSPS) is 30.9. The largest absolute Gasteiger partial charge is 0.390 e. The second-order valence-corrected chi connectivity index (χ2v) is 12.9. The van der Waals surface area contributed by atoms with E-state index in [0.29, 0.717) is 13.0 Å². The number of allylic oxidation sites excluding steroid dienone is 3. The van der Waals surface area contributed by atoms with E-state index in [4.69, 9.17) is 14.2 Å². The Bertz CT molecular complexity index is 936. The van der Waals surface area contributed by atoms with Crippen molar-refractivity contribution in [1.29, 1.82) is 0 Å². The van der Waals surface area contributed by atoms with Crippen molar-refractivity contribution in [3.8, 4) is 0 Å². The Hall–Kier alpha value is -2.07. The molecule has 0 aromatic rings. The summed E-state index contributed by atoms with van der Waals surface area (Å²) in [6.45, 7) is 9.85. The van der Waals surface area contributed by atoms with Gasteiger partial charge >= 0.3 is 0 Å². The number of rotatable bonds is 16. The maximum Gasteiger partial charge on any atom is 0.225 e. The van der Waals surface area contributed by atoms with Gasteiger partial charge in [0.1, 0.15) is 0 Å². The zero-order valence-corrected chi connectivity index (χ0v) is 26.7. The molecule has 2 amide bonds. The number of hydrogen-bond acceptors (Lipinski definition) is 7. The van der Waals surface area contributed by atoms with Crippen molar-refractivity contribution in [3.63, 3.8) is 0 Å². The molecule has 0 radical (unpaired) electrons. The van der Waals surface area contributed by atoms with Gasteiger partial charge in [-0.3, -0.25) is 14.4 Å². The highest BCUT2D eigenvalue weighted by molar-refractivity contribution is 5.89. The lowest BCUT2D eigenvalue weighted by molar-refractivity contribution is -0.315. The van der Waals surface area contributed by atoms with Crippen LogP contribution in [0.3, 0.4) is 0 Å². The van der Waals surface area contributed by atoms with Crippen molar-refractivity contribution >= 4 is 17.6 Å². The summed E-state index contributed by atoms with van der Waals surface area (Å²) in [6.07, 6.45) is 16.1. The summed E-state index contributed by atoms with van der Waals surface area (Å²) in [6, 6.07) is 0. The summed E-state index contributed by atoms with van der Waals surface area (Å²) in [5.74, 6) is -1.35. The number of amides is 2. The smallest absolute Gasteiger partial charge is 0.225 e. The number of hydrogen-bond donors (Lipinski definition) is 3. The molecule has 3 N–H and O–H groups in total. The van der Waals surface area contributed by atoms with E-state index in [0.717, 1.165) is 77.0 Å². The molecule has 8 atom stereocenters. The number of aliphatic hydroxyl groups excluding tert-OH is 1. The Labute approximate surface area is 258 Å². The Morgan fingerprint density at radius 1 is 1.00 bits per heavy atom. The molecule has 0 saturated carbocycles. The molecular weight excluding hydrogens is 548 g/mol. The van der Waals surface area contributed by atoms with Crippen LogP contribution in [0.15, 0.2) is 24.8 Å². The van der Waals surface area contributed by atoms with Crippen molar-refractivity contribution in [2.75, 3.05) is 13.1 Å². The molecule has 1 spiro atoms. The lowest BCUT2D eigenvalue weighted by atomic mass is 9.89. The van der Waals surface area contributed by atoms with Crippen LogP contribution in [0.5, 0.6) is 0 Å². The maximum atomic E-state index is 12.7. The minimum atomic E-state index is -1.00. The average molecular weight is 605 g/mol. The topological polar surface area (TPSA) is 123 Å². The van der Waals surface area contributed by atoms with Gasteiger partial charge in [-0.1, -0.05) is 26.0 Å². The number of ketones is 1. The fraction of sp³-hybridized carbons (Fsp3) is 0.794. The summed E-state index contributed by atoms with van der Waals surface area (Å²) in [5, 5.41) is 16.3. The summed E-state index contributed by atoms with van der Waals surface area (Å²) in [7, 11) is 0. The molecule has 9 nitrogen and oxygen atoms in total.